The second-order valence-corrected chi connectivity index (χ2v) is 28.8. The van der Waals surface area contributed by atoms with E-state index >= 15 is 0 Å². The highest BCUT2D eigenvalue weighted by atomic mass is 29.9. The molecule has 7 radical (unpaired) electrons. The first-order valence-electron chi connectivity index (χ1n) is 11.8. The molecule has 0 aliphatic carbocycles. The predicted octanol–water partition coefficient (Wildman–Crippen LogP) is 2.40. The van der Waals surface area contributed by atoms with E-state index in [1.54, 1.807) is 15.6 Å². The van der Waals surface area contributed by atoms with Gasteiger partial charge in [-0.05, 0) is 0 Å². The van der Waals surface area contributed by atoms with Crippen LogP contribution in [0, 0.1) is 0 Å². The lowest BCUT2D eigenvalue weighted by Gasteiger charge is -2.31. The van der Waals surface area contributed by atoms with E-state index in [0.29, 0.717) is 0 Å². The van der Waals surface area contributed by atoms with Crippen LogP contribution in [-0.2, 0) is 0 Å². The molecule has 0 nitrogen and oxygen atoms in total. The Hall–Kier alpha value is -2.82. The zero-order chi connectivity index (χ0) is 23.7. The van der Waals surface area contributed by atoms with Crippen molar-refractivity contribution in [3.63, 3.8) is 0 Å². The van der Waals surface area contributed by atoms with E-state index < -0.39 is 23.5 Å². The fourth-order valence-electron chi connectivity index (χ4n) is 4.12. The van der Waals surface area contributed by atoms with E-state index in [1.807, 2.05) is 0 Å². The predicted molar refractivity (Wildman–Crippen MR) is 159 cm³/mol. The minimum Gasteiger partial charge on any atom is -0.0674 e. The lowest BCUT2D eigenvalue weighted by Crippen LogP contribution is -2.71. The molecule has 0 fully saturated rings. The molecule has 0 bridgehead atoms. The third-order valence-corrected chi connectivity index (χ3v) is 38.4. The Kier molecular flexibility index (Phi) is 8.36. The minimum absolute atomic E-state index is 0.848. The lowest BCUT2D eigenvalue weighted by atomic mass is 10.4. The van der Waals surface area contributed by atoms with Gasteiger partial charge >= 0.3 is 0 Å². The first-order valence-corrected chi connectivity index (χ1v) is 22.3. The van der Waals surface area contributed by atoms with Gasteiger partial charge in [-0.2, -0.15) is 0 Å². The molecule has 0 amide bonds. The fraction of sp³-hybridized carbons (Fsp3) is 0. The molecular weight excluding hydrogens is 501 g/mol. The molecule has 165 valence electrons. The lowest BCUT2D eigenvalue weighted by molar-refractivity contribution is 1.75. The van der Waals surface area contributed by atoms with E-state index in [9.17, 15) is 0 Å². The molecule has 0 aliphatic rings. The van der Waals surface area contributed by atoms with Gasteiger partial charge in [0.25, 0.3) is 0 Å². The average Bonchev–Trinajstić information content (AvgIpc) is 2.95. The Bertz CT molecular complexity index is 1200. The van der Waals surface area contributed by atoms with Gasteiger partial charge in [0.2, 0.25) is 0 Å². The second-order valence-electron chi connectivity index (χ2n) is 8.21. The first-order chi connectivity index (χ1) is 17.4. The van der Waals surface area contributed by atoms with Gasteiger partial charge in [0.15, 0.2) is 0 Å². The van der Waals surface area contributed by atoms with Crippen LogP contribution in [0.5, 0.6) is 0 Å². The molecule has 0 atom stereocenters. The van der Waals surface area contributed by atoms with Crippen LogP contribution in [0.3, 0.4) is 0 Å². The highest BCUT2D eigenvalue weighted by Crippen LogP contribution is 2.04. The van der Waals surface area contributed by atoms with E-state index in [2.05, 4.69) is 152 Å². The number of benzene rings is 5. The molecule has 0 aromatic heterocycles. The second kappa shape index (κ2) is 12.2. The third kappa shape index (κ3) is 6.25. The van der Waals surface area contributed by atoms with E-state index in [-0.39, 0.29) is 0 Å². The van der Waals surface area contributed by atoms with Gasteiger partial charge in [-0.25, -0.2) is 0 Å². The molecule has 5 aromatic rings. The van der Waals surface area contributed by atoms with Gasteiger partial charge in [0, 0.05) is 0 Å². The number of rotatable bonds is 9. The molecule has 0 saturated heterocycles. The normalized spacial score (nSPS) is 11.3. The van der Waals surface area contributed by atoms with E-state index in [1.165, 1.54) is 10.4 Å². The van der Waals surface area contributed by atoms with Crippen molar-refractivity contribution < 1.29 is 0 Å². The number of hydrogen-bond acceptors (Lipinski definition) is 0. The van der Waals surface area contributed by atoms with Crippen LogP contribution in [0.15, 0.2) is 152 Å². The Morgan fingerprint density at radius 1 is 0.314 bits per heavy atom. The average molecular weight is 526 g/mol. The Balaban J connectivity index is 1.67. The maximum Gasteiger partial charge on any atom is 0.0711 e. The molecule has 35 heavy (non-hydrogen) atoms. The molecule has 0 aliphatic heterocycles. The summed E-state index contributed by atoms with van der Waals surface area (Å²) in [4.78, 5) is 0. The van der Waals surface area contributed by atoms with Gasteiger partial charge in [0.1, 0.15) is 0 Å². The minimum atomic E-state index is -0.870. The standard InChI is InChI=1S/C30H25Si5/c1-6-16-26(17-7-1)31-33(28-20-10-3-11-21-28)35(30-24-14-5-15-25-30)34(29-22-12-4-13-23-29)32-27-18-8-2-9-19-27/h1-25H. The van der Waals surface area contributed by atoms with Gasteiger partial charge in [-0.1, -0.05) is 178 Å². The molecule has 5 aromatic carbocycles. The Morgan fingerprint density at radius 2 is 0.600 bits per heavy atom. The summed E-state index contributed by atoms with van der Waals surface area (Å²) < 4.78 is 0. The van der Waals surface area contributed by atoms with Crippen molar-refractivity contribution in [1.29, 1.82) is 0 Å². The summed E-state index contributed by atoms with van der Waals surface area (Å²) in [5.41, 5.74) is 0. The van der Waals surface area contributed by atoms with Gasteiger partial charge < -0.3 is 0 Å². The first kappa shape index (κ1) is 23.9. The largest absolute Gasteiger partial charge is 0.0711 e. The van der Waals surface area contributed by atoms with Crippen molar-refractivity contribution in [1.82, 2.24) is 0 Å². The molecule has 0 unspecified atom stereocenters. The summed E-state index contributed by atoms with van der Waals surface area (Å²) in [6.45, 7) is 0. The van der Waals surface area contributed by atoms with Crippen LogP contribution in [0.25, 0.3) is 0 Å². The third-order valence-electron chi connectivity index (χ3n) is 5.77. The monoisotopic (exact) mass is 525 g/mol. The van der Waals surface area contributed by atoms with Crippen LogP contribution in [0.2, 0.25) is 0 Å². The summed E-state index contributed by atoms with van der Waals surface area (Å²) >= 11 is 0. The zero-order valence-electron chi connectivity index (χ0n) is 19.4. The molecule has 5 rings (SSSR count). The maximum atomic E-state index is 2.43. The van der Waals surface area contributed by atoms with Crippen LogP contribution in [0.4, 0.5) is 0 Å². The van der Waals surface area contributed by atoms with E-state index in [4.69, 9.17) is 0 Å². The maximum absolute atomic E-state index is 2.43. The van der Waals surface area contributed by atoms with Crippen molar-refractivity contribution in [2.45, 2.75) is 0 Å². The molecule has 0 heterocycles. The SMILES string of the molecule is c1ccc([Si][Si](c2ccccc2)[Si](c2ccccc2)[Si]([Si]c2ccccc2)c2ccccc2)cc1. The van der Waals surface area contributed by atoms with Crippen molar-refractivity contribution in [2.75, 3.05) is 0 Å². The smallest absolute Gasteiger partial charge is 0.0674 e. The van der Waals surface area contributed by atoms with Crippen LogP contribution >= 0.6 is 0 Å². The molecule has 5 heteroatoms. The fourth-order valence-corrected chi connectivity index (χ4v) is 46.3. The van der Waals surface area contributed by atoms with Crippen molar-refractivity contribution >= 4 is 67.5 Å². The summed E-state index contributed by atoms with van der Waals surface area (Å²) in [6.07, 6.45) is 0. The van der Waals surface area contributed by atoms with Crippen molar-refractivity contribution in [3.8, 4) is 0 Å². The van der Waals surface area contributed by atoms with Gasteiger partial charge in [0.05, 0.1) is 41.6 Å². The molecular formula is C30H25Si5. The van der Waals surface area contributed by atoms with Gasteiger partial charge in [-0.15, -0.1) is 0 Å². The zero-order valence-corrected chi connectivity index (χ0v) is 24.4. The van der Waals surface area contributed by atoms with Crippen LogP contribution in [-0.4, -0.2) is 41.6 Å². The number of hydrogen-bond donors (Lipinski definition) is 0. The van der Waals surface area contributed by atoms with Crippen molar-refractivity contribution in [3.05, 3.63) is 152 Å². The summed E-state index contributed by atoms with van der Waals surface area (Å²) in [5.74, 6) is 0. The summed E-state index contributed by atoms with van der Waals surface area (Å²) in [6, 6.07) is 57.0. The highest BCUT2D eigenvalue weighted by molar-refractivity contribution is 7.78. The van der Waals surface area contributed by atoms with E-state index in [0.717, 1.165) is 18.1 Å². The van der Waals surface area contributed by atoms with Gasteiger partial charge in [-0.3, -0.25) is 0 Å². The van der Waals surface area contributed by atoms with Crippen LogP contribution in [0.1, 0.15) is 0 Å². The summed E-state index contributed by atoms with van der Waals surface area (Å²) in [5, 5.41) is 7.80. The highest BCUT2D eigenvalue weighted by Gasteiger charge is 2.38. The molecule has 0 N–H and O–H groups in total. The Morgan fingerprint density at radius 3 is 0.943 bits per heavy atom. The topological polar surface area (TPSA) is 0 Å². The van der Waals surface area contributed by atoms with Crippen LogP contribution < -0.4 is 25.9 Å². The van der Waals surface area contributed by atoms with Crippen molar-refractivity contribution in [2.24, 2.45) is 0 Å². The quantitative estimate of drug-likeness (QED) is 0.259. The summed E-state index contributed by atoms with van der Waals surface area (Å²) in [7, 11) is -0.858. The molecule has 0 spiro atoms. The Labute approximate surface area is 218 Å². The molecule has 0 saturated carbocycles.